The van der Waals surface area contributed by atoms with E-state index in [-0.39, 0.29) is 42.5 Å². The molecule has 3 rings (SSSR count). The van der Waals surface area contributed by atoms with E-state index in [1.807, 2.05) is 12.1 Å². The summed E-state index contributed by atoms with van der Waals surface area (Å²) in [5.41, 5.74) is 1.29. The summed E-state index contributed by atoms with van der Waals surface area (Å²) in [7, 11) is 3.50. The molecule has 31 heavy (non-hydrogen) atoms. The summed E-state index contributed by atoms with van der Waals surface area (Å²) in [4.78, 5) is 20.5. The third-order valence-corrected chi connectivity index (χ3v) is 5.89. The van der Waals surface area contributed by atoms with Gasteiger partial charge in [-0.05, 0) is 43.4 Å². The van der Waals surface area contributed by atoms with Crippen molar-refractivity contribution in [3.8, 4) is 0 Å². The van der Waals surface area contributed by atoms with Crippen LogP contribution in [-0.4, -0.2) is 80.7 Å². The summed E-state index contributed by atoms with van der Waals surface area (Å²) in [5.74, 6) is 0.697. The Bertz CT molecular complexity index is 702. The van der Waals surface area contributed by atoms with Gasteiger partial charge in [0.15, 0.2) is 5.96 Å². The molecule has 2 N–H and O–H groups in total. The Balaban J connectivity index is 0.00000341. The first-order valence-corrected chi connectivity index (χ1v) is 11.2. The van der Waals surface area contributed by atoms with Crippen LogP contribution >= 0.6 is 35.6 Å². The molecule has 1 unspecified atom stereocenters. The molecule has 0 bridgehead atoms. The molecule has 9 heteroatoms. The first kappa shape index (κ1) is 26.2. The van der Waals surface area contributed by atoms with Crippen molar-refractivity contribution in [1.29, 1.82) is 0 Å². The van der Waals surface area contributed by atoms with Crippen LogP contribution in [0.2, 0.25) is 5.02 Å². The normalized spacial score (nSPS) is 20.2. The number of hydrogen-bond donors (Lipinski definition) is 2. The molecule has 174 valence electrons. The van der Waals surface area contributed by atoms with E-state index in [0.717, 1.165) is 63.5 Å². The minimum atomic E-state index is -0.00833. The van der Waals surface area contributed by atoms with E-state index >= 15 is 0 Å². The molecule has 1 atom stereocenters. The number of guanidine groups is 1. The number of piperidine rings is 1. The van der Waals surface area contributed by atoms with E-state index in [1.165, 1.54) is 5.56 Å². The fraction of sp³-hybridized carbons (Fsp3) is 0.636. The zero-order valence-corrected chi connectivity index (χ0v) is 21.6. The summed E-state index contributed by atoms with van der Waals surface area (Å²) in [6, 6.07) is 8.42. The maximum Gasteiger partial charge on any atom is 0.243 e. The van der Waals surface area contributed by atoms with Crippen LogP contribution in [0.25, 0.3) is 0 Å². The van der Waals surface area contributed by atoms with Gasteiger partial charge in [0.25, 0.3) is 0 Å². The molecule has 0 radical (unpaired) electrons. The molecule has 2 aliphatic heterocycles. The number of benzene rings is 1. The van der Waals surface area contributed by atoms with Gasteiger partial charge in [0.2, 0.25) is 5.91 Å². The van der Waals surface area contributed by atoms with Crippen LogP contribution in [0, 0.1) is 0 Å². The first-order valence-electron chi connectivity index (χ1n) is 10.8. The average Bonchev–Trinajstić information content (AvgIpc) is 3.26. The maximum absolute atomic E-state index is 12.0. The third kappa shape index (κ3) is 9.11. The molecule has 2 fully saturated rings. The number of likely N-dealkylation sites (N-methyl/N-ethyl adjacent to an activating group) is 1. The van der Waals surface area contributed by atoms with E-state index in [0.29, 0.717) is 12.0 Å². The number of ether oxygens (including phenoxy) is 1. The topological polar surface area (TPSA) is 69.2 Å². The van der Waals surface area contributed by atoms with Gasteiger partial charge in [-0.1, -0.05) is 23.7 Å². The SMILES string of the molecule is CN(C)C(=O)CN=C(NCC1CCCO1)NC1CCN(Cc2ccc(Cl)cc2)CC1.I. The number of likely N-dealkylation sites (tertiary alicyclic amines) is 1. The molecule has 7 nitrogen and oxygen atoms in total. The van der Waals surface area contributed by atoms with Gasteiger partial charge in [-0.25, -0.2) is 4.99 Å². The Morgan fingerprint density at radius 2 is 1.94 bits per heavy atom. The molecular formula is C22H35ClIN5O2. The summed E-state index contributed by atoms with van der Waals surface area (Å²) in [5, 5.41) is 7.69. The number of halogens is 2. The van der Waals surface area contributed by atoms with Crippen molar-refractivity contribution in [3.05, 3.63) is 34.9 Å². The highest BCUT2D eigenvalue weighted by atomic mass is 127. The van der Waals surface area contributed by atoms with Gasteiger partial charge >= 0.3 is 0 Å². The molecule has 0 saturated carbocycles. The standard InChI is InChI=1S/C22H34ClN5O2.HI/c1-27(2)21(29)15-25-22(24-14-20-4-3-13-30-20)26-19-9-11-28(12-10-19)16-17-5-7-18(23)8-6-17;/h5-8,19-20H,3-4,9-16H2,1-2H3,(H2,24,25,26);1H. The van der Waals surface area contributed by atoms with Crippen molar-refractivity contribution >= 4 is 47.4 Å². The predicted octanol–water partition coefficient (Wildman–Crippen LogP) is 2.72. The molecule has 2 aliphatic rings. The molecule has 0 aliphatic carbocycles. The molecule has 2 saturated heterocycles. The van der Waals surface area contributed by atoms with Crippen molar-refractivity contribution in [3.63, 3.8) is 0 Å². The number of hydrogen-bond acceptors (Lipinski definition) is 4. The van der Waals surface area contributed by atoms with E-state index < -0.39 is 0 Å². The number of carbonyl (C=O) groups excluding carboxylic acids is 1. The Morgan fingerprint density at radius 1 is 1.23 bits per heavy atom. The number of rotatable bonds is 7. The lowest BCUT2D eigenvalue weighted by Crippen LogP contribution is -2.50. The van der Waals surface area contributed by atoms with Crippen LogP contribution < -0.4 is 10.6 Å². The van der Waals surface area contributed by atoms with Gasteiger partial charge in [-0.3, -0.25) is 9.69 Å². The number of nitrogens with one attached hydrogen (secondary N) is 2. The minimum Gasteiger partial charge on any atom is -0.376 e. The van der Waals surface area contributed by atoms with Gasteiger partial charge < -0.3 is 20.3 Å². The van der Waals surface area contributed by atoms with E-state index in [1.54, 1.807) is 19.0 Å². The van der Waals surface area contributed by atoms with Gasteiger partial charge in [0.05, 0.1) is 6.10 Å². The highest BCUT2D eigenvalue weighted by Crippen LogP contribution is 2.16. The molecular weight excluding hydrogens is 529 g/mol. The molecule has 1 amide bonds. The quantitative estimate of drug-likeness (QED) is 0.303. The van der Waals surface area contributed by atoms with Crippen molar-refractivity contribution in [2.24, 2.45) is 4.99 Å². The maximum atomic E-state index is 12.0. The highest BCUT2D eigenvalue weighted by Gasteiger charge is 2.21. The smallest absolute Gasteiger partial charge is 0.243 e. The molecule has 1 aromatic carbocycles. The summed E-state index contributed by atoms with van der Waals surface area (Å²) >= 11 is 5.98. The Labute approximate surface area is 207 Å². The molecule has 0 spiro atoms. The summed E-state index contributed by atoms with van der Waals surface area (Å²) in [6.07, 6.45) is 4.48. The van der Waals surface area contributed by atoms with E-state index in [2.05, 4.69) is 32.7 Å². The fourth-order valence-corrected chi connectivity index (χ4v) is 3.86. The van der Waals surface area contributed by atoms with Crippen molar-refractivity contribution < 1.29 is 9.53 Å². The number of aliphatic imine (C=N–C) groups is 1. The van der Waals surface area contributed by atoms with Crippen LogP contribution in [0.4, 0.5) is 0 Å². The molecule has 2 heterocycles. The lowest BCUT2D eigenvalue weighted by atomic mass is 10.0. The Morgan fingerprint density at radius 3 is 2.55 bits per heavy atom. The minimum absolute atomic E-state index is 0. The predicted molar refractivity (Wildman–Crippen MR) is 136 cm³/mol. The zero-order valence-electron chi connectivity index (χ0n) is 18.5. The monoisotopic (exact) mass is 563 g/mol. The second-order valence-corrected chi connectivity index (χ2v) is 8.73. The highest BCUT2D eigenvalue weighted by molar-refractivity contribution is 14.0. The number of nitrogens with zero attached hydrogens (tertiary/aromatic N) is 3. The van der Waals surface area contributed by atoms with Gasteiger partial charge in [0, 0.05) is 57.9 Å². The second-order valence-electron chi connectivity index (χ2n) is 8.29. The number of carbonyl (C=O) groups is 1. The fourth-order valence-electron chi connectivity index (χ4n) is 3.73. The van der Waals surface area contributed by atoms with Gasteiger partial charge in [0.1, 0.15) is 6.54 Å². The van der Waals surface area contributed by atoms with Crippen LogP contribution in [-0.2, 0) is 16.1 Å². The van der Waals surface area contributed by atoms with Gasteiger partial charge in [-0.2, -0.15) is 0 Å². The largest absolute Gasteiger partial charge is 0.376 e. The van der Waals surface area contributed by atoms with Crippen molar-refractivity contribution in [2.45, 2.75) is 44.4 Å². The van der Waals surface area contributed by atoms with Crippen LogP contribution in [0.3, 0.4) is 0 Å². The summed E-state index contributed by atoms with van der Waals surface area (Å²) < 4.78 is 5.70. The molecule has 1 aromatic rings. The van der Waals surface area contributed by atoms with Crippen LogP contribution in [0.1, 0.15) is 31.2 Å². The van der Waals surface area contributed by atoms with Gasteiger partial charge in [-0.15, -0.1) is 24.0 Å². The Kier molecular flexibility index (Phi) is 11.3. The number of amides is 1. The first-order chi connectivity index (χ1) is 14.5. The average molecular weight is 564 g/mol. The van der Waals surface area contributed by atoms with Crippen LogP contribution in [0.15, 0.2) is 29.3 Å². The molecule has 0 aromatic heterocycles. The second kappa shape index (κ2) is 13.4. The van der Waals surface area contributed by atoms with E-state index in [4.69, 9.17) is 16.3 Å². The lowest BCUT2D eigenvalue weighted by molar-refractivity contribution is -0.127. The Hall–Kier alpha value is -1.10. The summed E-state index contributed by atoms with van der Waals surface area (Å²) in [6.45, 7) is 4.68. The third-order valence-electron chi connectivity index (χ3n) is 5.64. The zero-order chi connectivity index (χ0) is 21.3. The van der Waals surface area contributed by atoms with Crippen LogP contribution in [0.5, 0.6) is 0 Å². The van der Waals surface area contributed by atoms with Crippen molar-refractivity contribution in [1.82, 2.24) is 20.4 Å². The lowest BCUT2D eigenvalue weighted by Gasteiger charge is -2.33. The van der Waals surface area contributed by atoms with Crippen molar-refractivity contribution in [2.75, 3.05) is 46.9 Å². The van der Waals surface area contributed by atoms with E-state index in [9.17, 15) is 4.79 Å².